The maximum absolute atomic E-state index is 11.9. The Hall–Kier alpha value is -1.46. The van der Waals surface area contributed by atoms with Crippen LogP contribution in [-0.4, -0.2) is 28.9 Å². The highest BCUT2D eigenvalue weighted by atomic mass is 35.5. The topological polar surface area (TPSA) is 89.4 Å². The Morgan fingerprint density at radius 3 is 2.50 bits per heavy atom. The van der Waals surface area contributed by atoms with Gasteiger partial charge in [0.1, 0.15) is 5.54 Å². The molecular weight excluding hydrogens is 301 g/mol. The van der Waals surface area contributed by atoms with E-state index in [2.05, 4.69) is 0 Å². The summed E-state index contributed by atoms with van der Waals surface area (Å²) >= 11 is 11.8. The average Bonchev–Trinajstić information content (AvgIpc) is 2.79. The van der Waals surface area contributed by atoms with Gasteiger partial charge in [-0.3, -0.25) is 4.79 Å². The first-order chi connectivity index (χ1) is 9.36. The summed E-state index contributed by atoms with van der Waals surface area (Å²) in [5.74, 6) is -0.556. The maximum Gasteiger partial charge on any atom is 0.315 e. The van der Waals surface area contributed by atoms with Crippen LogP contribution in [0.25, 0.3) is 0 Å². The second kappa shape index (κ2) is 5.50. The first-order valence-corrected chi connectivity index (χ1v) is 6.93. The molecule has 2 rings (SSSR count). The Morgan fingerprint density at radius 2 is 1.95 bits per heavy atom. The number of amides is 3. The molecule has 1 atom stereocenters. The normalized spacial score (nSPS) is 22.0. The van der Waals surface area contributed by atoms with E-state index in [-0.39, 0.29) is 6.42 Å². The van der Waals surface area contributed by atoms with Crippen molar-refractivity contribution in [2.45, 2.75) is 24.8 Å². The molecule has 1 aliphatic rings. The quantitative estimate of drug-likeness (QED) is 0.892. The van der Waals surface area contributed by atoms with Crippen LogP contribution in [0.2, 0.25) is 10.0 Å². The zero-order chi connectivity index (χ0) is 14.9. The van der Waals surface area contributed by atoms with Gasteiger partial charge in [-0.25, -0.2) is 4.79 Å². The molecular formula is C13H15Cl2N3O2. The third kappa shape index (κ3) is 2.55. The molecule has 1 aromatic rings. The average molecular weight is 316 g/mol. The molecule has 20 heavy (non-hydrogen) atoms. The van der Waals surface area contributed by atoms with Crippen molar-refractivity contribution in [3.05, 3.63) is 33.8 Å². The number of halogens is 2. The molecule has 108 valence electrons. The number of carbonyl (C=O) groups is 2. The standard InChI is InChI=1S/C13H15Cl2N3O2/c14-9-3-2-8(6-10(9)15)7-13(11(16)19)4-1-5-18(13)12(17)20/h2-3,6H,1,4-5,7H2,(H2,16,19)(H2,17,20). The maximum atomic E-state index is 11.9. The van der Waals surface area contributed by atoms with E-state index in [9.17, 15) is 9.59 Å². The Morgan fingerprint density at radius 1 is 1.25 bits per heavy atom. The van der Waals surface area contributed by atoms with E-state index in [1.54, 1.807) is 18.2 Å². The van der Waals surface area contributed by atoms with Crippen LogP contribution in [0.1, 0.15) is 18.4 Å². The molecule has 5 nitrogen and oxygen atoms in total. The van der Waals surface area contributed by atoms with E-state index in [0.29, 0.717) is 29.4 Å². The van der Waals surface area contributed by atoms with E-state index in [0.717, 1.165) is 5.56 Å². The minimum absolute atomic E-state index is 0.280. The molecule has 0 radical (unpaired) electrons. The number of hydrogen-bond acceptors (Lipinski definition) is 2. The lowest BCUT2D eigenvalue weighted by molar-refractivity contribution is -0.127. The van der Waals surface area contributed by atoms with Crippen LogP contribution in [0.3, 0.4) is 0 Å². The molecule has 3 amide bonds. The van der Waals surface area contributed by atoms with Gasteiger partial charge in [0, 0.05) is 13.0 Å². The molecule has 0 aromatic heterocycles. The van der Waals surface area contributed by atoms with Crippen molar-refractivity contribution >= 4 is 35.1 Å². The molecule has 0 spiro atoms. The lowest BCUT2D eigenvalue weighted by Crippen LogP contribution is -2.58. The van der Waals surface area contributed by atoms with Crippen LogP contribution < -0.4 is 11.5 Å². The lowest BCUT2D eigenvalue weighted by atomic mass is 9.87. The van der Waals surface area contributed by atoms with Crippen LogP contribution in [0, 0.1) is 0 Å². The number of nitrogens with two attached hydrogens (primary N) is 2. The molecule has 0 saturated carbocycles. The predicted octanol–water partition coefficient (Wildman–Crippen LogP) is 1.93. The van der Waals surface area contributed by atoms with Gasteiger partial charge in [0.15, 0.2) is 0 Å². The van der Waals surface area contributed by atoms with Gasteiger partial charge in [-0.1, -0.05) is 29.3 Å². The summed E-state index contributed by atoms with van der Waals surface area (Å²) in [6.45, 7) is 0.430. The van der Waals surface area contributed by atoms with Gasteiger partial charge >= 0.3 is 6.03 Å². The number of benzene rings is 1. The third-order valence-electron chi connectivity index (χ3n) is 3.69. The fourth-order valence-electron chi connectivity index (χ4n) is 2.71. The highest BCUT2D eigenvalue weighted by molar-refractivity contribution is 6.42. The summed E-state index contributed by atoms with van der Waals surface area (Å²) in [4.78, 5) is 24.8. The van der Waals surface area contributed by atoms with Crippen molar-refractivity contribution in [1.29, 1.82) is 0 Å². The molecule has 7 heteroatoms. The van der Waals surface area contributed by atoms with Crippen molar-refractivity contribution in [3.8, 4) is 0 Å². The zero-order valence-electron chi connectivity index (χ0n) is 10.7. The largest absolute Gasteiger partial charge is 0.368 e. The second-order valence-electron chi connectivity index (χ2n) is 4.91. The lowest BCUT2D eigenvalue weighted by Gasteiger charge is -2.34. The molecule has 0 aliphatic carbocycles. The highest BCUT2D eigenvalue weighted by Crippen LogP contribution is 2.34. The van der Waals surface area contributed by atoms with Gasteiger partial charge in [-0.15, -0.1) is 0 Å². The second-order valence-corrected chi connectivity index (χ2v) is 5.73. The Labute approximate surface area is 126 Å². The van der Waals surface area contributed by atoms with Crippen molar-refractivity contribution in [3.63, 3.8) is 0 Å². The van der Waals surface area contributed by atoms with Gasteiger partial charge in [-0.2, -0.15) is 0 Å². The van der Waals surface area contributed by atoms with Crippen molar-refractivity contribution in [2.75, 3.05) is 6.54 Å². The molecule has 0 bridgehead atoms. The smallest absolute Gasteiger partial charge is 0.315 e. The van der Waals surface area contributed by atoms with Crippen LogP contribution >= 0.6 is 23.2 Å². The van der Waals surface area contributed by atoms with Crippen molar-refractivity contribution in [2.24, 2.45) is 11.5 Å². The molecule has 1 saturated heterocycles. The first kappa shape index (κ1) is 14.9. The van der Waals surface area contributed by atoms with Crippen molar-refractivity contribution in [1.82, 2.24) is 4.90 Å². The van der Waals surface area contributed by atoms with Crippen LogP contribution in [0.5, 0.6) is 0 Å². The SMILES string of the molecule is NC(=O)N1CCCC1(Cc1ccc(Cl)c(Cl)c1)C(N)=O. The summed E-state index contributed by atoms with van der Waals surface area (Å²) in [6, 6.07) is 4.45. The number of primary amides is 2. The summed E-state index contributed by atoms with van der Waals surface area (Å²) in [5, 5.41) is 0.828. The van der Waals surface area contributed by atoms with Gasteiger partial charge in [-0.05, 0) is 30.5 Å². The van der Waals surface area contributed by atoms with E-state index >= 15 is 0 Å². The van der Waals surface area contributed by atoms with Gasteiger partial charge in [0.25, 0.3) is 0 Å². The minimum atomic E-state index is -1.08. The third-order valence-corrected chi connectivity index (χ3v) is 4.43. The van der Waals surface area contributed by atoms with Crippen LogP contribution in [0.4, 0.5) is 4.79 Å². The zero-order valence-corrected chi connectivity index (χ0v) is 12.2. The number of nitrogens with zero attached hydrogens (tertiary/aromatic N) is 1. The van der Waals surface area contributed by atoms with E-state index < -0.39 is 17.5 Å². The Kier molecular flexibility index (Phi) is 4.11. The molecule has 1 aliphatic heterocycles. The van der Waals surface area contributed by atoms with E-state index in [4.69, 9.17) is 34.7 Å². The van der Waals surface area contributed by atoms with E-state index in [1.165, 1.54) is 4.90 Å². The molecule has 4 N–H and O–H groups in total. The van der Waals surface area contributed by atoms with Crippen LogP contribution in [-0.2, 0) is 11.2 Å². The molecule has 1 unspecified atom stereocenters. The molecule has 1 aromatic carbocycles. The van der Waals surface area contributed by atoms with E-state index in [1.807, 2.05) is 0 Å². The number of rotatable bonds is 3. The predicted molar refractivity (Wildman–Crippen MR) is 77.6 cm³/mol. The number of likely N-dealkylation sites (tertiary alicyclic amines) is 1. The van der Waals surface area contributed by atoms with Crippen molar-refractivity contribution < 1.29 is 9.59 Å². The number of carbonyl (C=O) groups excluding carboxylic acids is 2. The fraction of sp³-hybridized carbons (Fsp3) is 0.385. The number of urea groups is 1. The van der Waals surface area contributed by atoms with Crippen LogP contribution in [0.15, 0.2) is 18.2 Å². The Balaban J connectivity index is 2.36. The summed E-state index contributed by atoms with van der Waals surface area (Å²) in [7, 11) is 0. The molecule has 1 heterocycles. The monoisotopic (exact) mass is 315 g/mol. The minimum Gasteiger partial charge on any atom is -0.368 e. The summed E-state index contributed by atoms with van der Waals surface area (Å²) < 4.78 is 0. The highest BCUT2D eigenvalue weighted by Gasteiger charge is 2.47. The number of hydrogen-bond donors (Lipinski definition) is 2. The van der Waals surface area contributed by atoms with Gasteiger partial charge in [0.2, 0.25) is 5.91 Å². The van der Waals surface area contributed by atoms with Gasteiger partial charge in [0.05, 0.1) is 10.0 Å². The van der Waals surface area contributed by atoms with Gasteiger partial charge < -0.3 is 16.4 Å². The summed E-state index contributed by atoms with van der Waals surface area (Å²) in [5.41, 5.74) is 10.6. The first-order valence-electron chi connectivity index (χ1n) is 6.18. The Bertz CT molecular complexity index is 565. The molecule has 1 fully saturated rings. The fourth-order valence-corrected chi connectivity index (χ4v) is 3.03. The summed E-state index contributed by atoms with van der Waals surface area (Å²) in [6.07, 6.45) is 1.46.